The first-order valence-corrected chi connectivity index (χ1v) is 12.2. The van der Waals surface area contributed by atoms with Crippen LogP contribution in [-0.4, -0.2) is 58.7 Å². The van der Waals surface area contributed by atoms with Crippen LogP contribution in [0.15, 0.2) is 18.2 Å². The maximum Gasteiger partial charge on any atom is 0.233 e. The molecule has 0 bridgehead atoms. The maximum absolute atomic E-state index is 12.5. The molecule has 4 rings (SSSR count). The van der Waals surface area contributed by atoms with Crippen molar-refractivity contribution in [2.24, 2.45) is 11.8 Å². The molecule has 3 aliphatic rings. The summed E-state index contributed by atoms with van der Waals surface area (Å²) >= 11 is 2.01. The van der Waals surface area contributed by atoms with E-state index in [-0.39, 0.29) is 42.5 Å². The number of carbonyl (C=O) groups excluding carboxylic acids is 3. The van der Waals surface area contributed by atoms with Crippen molar-refractivity contribution < 1.29 is 14.4 Å². The Labute approximate surface area is 182 Å². The quantitative estimate of drug-likeness (QED) is 0.704. The van der Waals surface area contributed by atoms with Crippen molar-refractivity contribution in [1.29, 1.82) is 0 Å². The summed E-state index contributed by atoms with van der Waals surface area (Å²) in [5, 5.41) is 2.95. The number of aryl methyl sites for hydroxylation is 1. The average Bonchev–Trinajstić information content (AvgIpc) is 2.99. The lowest BCUT2D eigenvalue weighted by Gasteiger charge is -2.26. The maximum atomic E-state index is 12.5. The first-order valence-electron chi connectivity index (χ1n) is 11.1. The number of amides is 3. The molecule has 7 heteroatoms. The van der Waals surface area contributed by atoms with Crippen molar-refractivity contribution in [3.05, 3.63) is 29.3 Å². The number of nitrogens with zero attached hydrogens (tertiary/aromatic N) is 2. The molecule has 0 radical (unpaired) electrons. The zero-order chi connectivity index (χ0) is 21.1. The predicted molar refractivity (Wildman–Crippen MR) is 119 cm³/mol. The average molecular weight is 430 g/mol. The Hall–Kier alpha value is -1.86. The second kappa shape index (κ2) is 9.52. The highest BCUT2D eigenvalue weighted by atomic mass is 32.2. The van der Waals surface area contributed by atoms with Gasteiger partial charge in [-0.25, -0.2) is 0 Å². The number of hydrogen-bond acceptors (Lipinski definition) is 5. The summed E-state index contributed by atoms with van der Waals surface area (Å²) in [7, 11) is 0. The fourth-order valence-electron chi connectivity index (χ4n) is 4.86. The van der Waals surface area contributed by atoms with Crippen LogP contribution in [0.1, 0.15) is 43.2 Å². The molecule has 162 valence electrons. The molecule has 0 aromatic heterocycles. The molecular weight excluding hydrogens is 398 g/mol. The van der Waals surface area contributed by atoms with Gasteiger partial charge in [0.1, 0.15) is 0 Å². The molecule has 3 fully saturated rings. The van der Waals surface area contributed by atoms with Crippen molar-refractivity contribution >= 4 is 35.2 Å². The summed E-state index contributed by atoms with van der Waals surface area (Å²) in [5.41, 5.74) is 3.09. The van der Waals surface area contributed by atoms with Gasteiger partial charge in [-0.2, -0.15) is 11.8 Å². The van der Waals surface area contributed by atoms with E-state index in [2.05, 4.69) is 22.3 Å². The largest absolute Gasteiger partial charge is 0.326 e. The first-order chi connectivity index (χ1) is 14.5. The highest BCUT2D eigenvalue weighted by Crippen LogP contribution is 2.38. The Morgan fingerprint density at radius 2 is 1.77 bits per heavy atom. The zero-order valence-electron chi connectivity index (χ0n) is 17.7. The lowest BCUT2D eigenvalue weighted by atomic mass is 9.81. The van der Waals surface area contributed by atoms with Crippen LogP contribution in [0.2, 0.25) is 0 Å². The van der Waals surface area contributed by atoms with Gasteiger partial charge in [-0.1, -0.05) is 25.0 Å². The van der Waals surface area contributed by atoms with Gasteiger partial charge in [-0.3, -0.25) is 24.2 Å². The Morgan fingerprint density at radius 3 is 2.40 bits per heavy atom. The minimum Gasteiger partial charge on any atom is -0.326 e. The minimum absolute atomic E-state index is 0.0749. The smallest absolute Gasteiger partial charge is 0.233 e. The SMILES string of the molecule is Cc1cc(CN2CCSCC2)ccc1NC(=O)CCN1C(=O)C2CCCCC2C1=O. The van der Waals surface area contributed by atoms with E-state index >= 15 is 0 Å². The van der Waals surface area contributed by atoms with Crippen LogP contribution in [-0.2, 0) is 20.9 Å². The predicted octanol–water partition coefficient (Wildman–Crippen LogP) is 3.05. The summed E-state index contributed by atoms with van der Waals surface area (Å²) in [5.74, 6) is 1.77. The molecule has 1 aromatic rings. The second-order valence-corrected chi connectivity index (χ2v) is 9.89. The van der Waals surface area contributed by atoms with Gasteiger partial charge >= 0.3 is 0 Å². The van der Waals surface area contributed by atoms with Crippen LogP contribution in [0, 0.1) is 18.8 Å². The molecular formula is C23H31N3O3S. The first kappa shape index (κ1) is 21.4. The third-order valence-electron chi connectivity index (χ3n) is 6.57. The number of carbonyl (C=O) groups is 3. The van der Waals surface area contributed by atoms with Crippen LogP contribution in [0.25, 0.3) is 0 Å². The Morgan fingerprint density at radius 1 is 1.10 bits per heavy atom. The molecule has 2 saturated heterocycles. The number of anilines is 1. The fraction of sp³-hybridized carbons (Fsp3) is 0.609. The fourth-order valence-corrected chi connectivity index (χ4v) is 5.84. The molecule has 1 aliphatic carbocycles. The Kier molecular flexibility index (Phi) is 6.78. The second-order valence-electron chi connectivity index (χ2n) is 8.66. The van der Waals surface area contributed by atoms with Crippen LogP contribution in [0.4, 0.5) is 5.69 Å². The monoisotopic (exact) mass is 429 g/mol. The standard InChI is InChI=1S/C23H31N3O3S/c1-16-14-17(15-25-10-12-30-13-11-25)6-7-20(16)24-21(27)8-9-26-22(28)18-4-2-3-5-19(18)23(26)29/h6-7,14,18-19H,2-5,8-13,15H2,1H3,(H,24,27). The summed E-state index contributed by atoms with van der Waals surface area (Å²) < 4.78 is 0. The molecule has 0 spiro atoms. The van der Waals surface area contributed by atoms with Crippen molar-refractivity contribution in [3.8, 4) is 0 Å². The molecule has 1 aromatic carbocycles. The Bertz CT molecular complexity index is 798. The number of fused-ring (bicyclic) bond motifs is 1. The normalized spacial score (nSPS) is 24.8. The van der Waals surface area contributed by atoms with E-state index in [0.717, 1.165) is 56.6 Å². The molecule has 30 heavy (non-hydrogen) atoms. The summed E-state index contributed by atoms with van der Waals surface area (Å²) in [6.07, 6.45) is 3.78. The lowest BCUT2D eigenvalue weighted by Crippen LogP contribution is -2.34. The summed E-state index contributed by atoms with van der Waals surface area (Å²) in [4.78, 5) is 41.4. The summed E-state index contributed by atoms with van der Waals surface area (Å²) in [6, 6.07) is 6.17. The van der Waals surface area contributed by atoms with Gasteiger partial charge in [0.05, 0.1) is 11.8 Å². The number of benzene rings is 1. The highest BCUT2D eigenvalue weighted by molar-refractivity contribution is 7.99. The molecule has 2 unspecified atom stereocenters. The highest BCUT2D eigenvalue weighted by Gasteiger charge is 2.47. The molecule has 1 saturated carbocycles. The zero-order valence-corrected chi connectivity index (χ0v) is 18.5. The van der Waals surface area contributed by atoms with Crippen LogP contribution < -0.4 is 5.32 Å². The van der Waals surface area contributed by atoms with Crippen LogP contribution in [0.3, 0.4) is 0 Å². The van der Waals surface area contributed by atoms with Gasteiger partial charge in [0.25, 0.3) is 0 Å². The van der Waals surface area contributed by atoms with Gasteiger partial charge in [0, 0.05) is 49.8 Å². The van der Waals surface area contributed by atoms with E-state index in [1.807, 2.05) is 24.8 Å². The molecule has 2 atom stereocenters. The number of nitrogens with one attached hydrogen (secondary N) is 1. The van der Waals surface area contributed by atoms with Crippen LogP contribution in [0.5, 0.6) is 0 Å². The Balaban J connectivity index is 1.29. The number of imide groups is 1. The van der Waals surface area contributed by atoms with Crippen LogP contribution >= 0.6 is 11.8 Å². The van der Waals surface area contributed by atoms with E-state index in [1.165, 1.54) is 22.0 Å². The van der Waals surface area contributed by atoms with Crippen molar-refractivity contribution in [1.82, 2.24) is 9.80 Å². The van der Waals surface area contributed by atoms with Crippen molar-refractivity contribution in [2.75, 3.05) is 36.5 Å². The molecule has 6 nitrogen and oxygen atoms in total. The molecule has 2 aliphatic heterocycles. The third-order valence-corrected chi connectivity index (χ3v) is 7.51. The van der Waals surface area contributed by atoms with E-state index < -0.39 is 0 Å². The number of thioether (sulfide) groups is 1. The van der Waals surface area contributed by atoms with Gasteiger partial charge in [-0.05, 0) is 37.0 Å². The number of hydrogen-bond donors (Lipinski definition) is 1. The van der Waals surface area contributed by atoms with E-state index in [1.54, 1.807) is 0 Å². The molecule has 1 N–H and O–H groups in total. The minimum atomic E-state index is -0.158. The van der Waals surface area contributed by atoms with Crippen molar-refractivity contribution in [3.63, 3.8) is 0 Å². The van der Waals surface area contributed by atoms with E-state index in [9.17, 15) is 14.4 Å². The third kappa shape index (κ3) is 4.72. The van der Waals surface area contributed by atoms with Gasteiger partial charge in [-0.15, -0.1) is 0 Å². The number of rotatable bonds is 6. The molecule has 2 heterocycles. The van der Waals surface area contributed by atoms with E-state index in [4.69, 9.17) is 0 Å². The number of likely N-dealkylation sites (tertiary alicyclic amines) is 1. The lowest BCUT2D eigenvalue weighted by molar-refractivity contribution is -0.140. The topological polar surface area (TPSA) is 69.7 Å². The van der Waals surface area contributed by atoms with Gasteiger partial charge in [0.2, 0.25) is 17.7 Å². The summed E-state index contributed by atoms with van der Waals surface area (Å²) in [6.45, 7) is 5.37. The van der Waals surface area contributed by atoms with Gasteiger partial charge in [0.15, 0.2) is 0 Å². The van der Waals surface area contributed by atoms with Crippen molar-refractivity contribution in [2.45, 2.75) is 45.6 Å². The van der Waals surface area contributed by atoms with Gasteiger partial charge < -0.3 is 5.32 Å². The van der Waals surface area contributed by atoms with E-state index in [0.29, 0.717) is 0 Å². The molecule has 3 amide bonds.